The fourth-order valence-electron chi connectivity index (χ4n) is 5.21. The molecule has 0 saturated heterocycles. The molecule has 40 heavy (non-hydrogen) atoms. The van der Waals surface area contributed by atoms with Crippen molar-refractivity contribution in [3.8, 4) is 17.0 Å². The molecule has 1 heterocycles. The van der Waals surface area contributed by atoms with Gasteiger partial charge in [0.1, 0.15) is 17.4 Å². The first-order valence-corrected chi connectivity index (χ1v) is 15.0. The first-order valence-electron chi connectivity index (χ1n) is 14.1. The smallest absolute Gasteiger partial charge is 0.317 e. The van der Waals surface area contributed by atoms with E-state index in [0.717, 1.165) is 33.1 Å². The Kier molecular flexibility index (Phi) is 10.5. The van der Waals surface area contributed by atoms with Crippen LogP contribution >= 0.6 is 11.3 Å². The van der Waals surface area contributed by atoms with Crippen molar-refractivity contribution in [1.82, 2.24) is 9.88 Å². The summed E-state index contributed by atoms with van der Waals surface area (Å²) in [5, 5.41) is 12.4. The Morgan fingerprint density at radius 3 is 2.27 bits per heavy atom. The normalized spacial score (nSPS) is 12.0. The monoisotopic (exact) mass is 556 g/mol. The average molecular weight is 557 g/mol. The molecule has 0 amide bonds. The molecule has 0 aliphatic carbocycles. The van der Waals surface area contributed by atoms with Gasteiger partial charge >= 0.3 is 5.97 Å². The third-order valence-electron chi connectivity index (χ3n) is 7.09. The van der Waals surface area contributed by atoms with Crippen LogP contribution in [0.1, 0.15) is 71.9 Å². The number of ether oxygens (including phenoxy) is 1. The Hall–Kier alpha value is -3.48. The lowest BCUT2D eigenvalue weighted by molar-refractivity contribution is -0.138. The second kappa shape index (κ2) is 14.2. The van der Waals surface area contributed by atoms with E-state index in [1.54, 1.807) is 11.3 Å². The fourth-order valence-corrected chi connectivity index (χ4v) is 6.06. The maximum atomic E-state index is 11.5. The third kappa shape index (κ3) is 8.51. The third-order valence-corrected chi connectivity index (χ3v) is 7.93. The van der Waals surface area contributed by atoms with Crippen molar-refractivity contribution in [2.75, 3.05) is 6.54 Å². The lowest BCUT2D eigenvalue weighted by atomic mass is 9.92. The second-order valence-corrected chi connectivity index (χ2v) is 11.6. The molecule has 1 atom stereocenters. The zero-order valence-corrected chi connectivity index (χ0v) is 24.8. The van der Waals surface area contributed by atoms with E-state index in [9.17, 15) is 9.90 Å². The summed E-state index contributed by atoms with van der Waals surface area (Å²) in [5.74, 6) is 0.618. The Morgan fingerprint density at radius 1 is 0.950 bits per heavy atom. The zero-order valence-electron chi connectivity index (χ0n) is 24.0. The van der Waals surface area contributed by atoms with Gasteiger partial charge < -0.3 is 9.84 Å². The maximum Gasteiger partial charge on any atom is 0.317 e. The minimum atomic E-state index is -0.839. The van der Waals surface area contributed by atoms with Crippen molar-refractivity contribution in [3.05, 3.63) is 105 Å². The van der Waals surface area contributed by atoms with Crippen LogP contribution in [0.2, 0.25) is 0 Å². The van der Waals surface area contributed by atoms with Gasteiger partial charge in [0.2, 0.25) is 0 Å². The first-order chi connectivity index (χ1) is 19.3. The van der Waals surface area contributed by atoms with Gasteiger partial charge in [-0.05, 0) is 73.6 Å². The number of aryl methyl sites for hydroxylation is 2. The molecule has 1 unspecified atom stereocenters. The quantitative estimate of drug-likeness (QED) is 0.169. The average Bonchev–Trinajstić information content (AvgIpc) is 3.38. The van der Waals surface area contributed by atoms with Crippen molar-refractivity contribution in [2.45, 2.75) is 72.6 Å². The highest BCUT2D eigenvalue weighted by Gasteiger charge is 2.15. The van der Waals surface area contributed by atoms with Crippen molar-refractivity contribution in [1.29, 1.82) is 0 Å². The molecular weight excluding hydrogens is 516 g/mol. The van der Waals surface area contributed by atoms with Crippen LogP contribution in [0.25, 0.3) is 11.3 Å². The molecule has 0 saturated carbocycles. The van der Waals surface area contributed by atoms with Gasteiger partial charge in [0.25, 0.3) is 0 Å². The van der Waals surface area contributed by atoms with E-state index in [2.05, 4.69) is 70.2 Å². The molecule has 0 aliphatic heterocycles. The Bertz CT molecular complexity index is 1360. The molecule has 4 aromatic rings. The molecule has 1 aromatic heterocycles. The molecule has 0 bridgehead atoms. The second-order valence-electron chi connectivity index (χ2n) is 10.6. The fraction of sp³-hybridized carbons (Fsp3) is 0.353. The van der Waals surface area contributed by atoms with Crippen LogP contribution < -0.4 is 4.74 Å². The number of aliphatic carboxylic acids is 1. The molecule has 0 aliphatic rings. The predicted molar refractivity (Wildman–Crippen MR) is 164 cm³/mol. The summed E-state index contributed by atoms with van der Waals surface area (Å²) in [5.41, 5.74) is 7.95. The molecule has 3 aromatic carbocycles. The summed E-state index contributed by atoms with van der Waals surface area (Å²) in [7, 11) is 0. The predicted octanol–water partition coefficient (Wildman–Crippen LogP) is 8.39. The van der Waals surface area contributed by atoms with Crippen LogP contribution in [0.4, 0.5) is 0 Å². The molecule has 1 N–H and O–H groups in total. The van der Waals surface area contributed by atoms with Crippen LogP contribution in [0.15, 0.2) is 72.1 Å². The van der Waals surface area contributed by atoms with Gasteiger partial charge in [-0.1, -0.05) is 73.9 Å². The van der Waals surface area contributed by atoms with Crippen molar-refractivity contribution >= 4 is 17.3 Å². The van der Waals surface area contributed by atoms with Crippen LogP contribution in [0.5, 0.6) is 5.75 Å². The van der Waals surface area contributed by atoms with Crippen LogP contribution in [-0.4, -0.2) is 27.5 Å². The Labute approximate surface area is 242 Å². The number of carboxylic acid groups (broad SMARTS) is 1. The van der Waals surface area contributed by atoms with Gasteiger partial charge in [-0.2, -0.15) is 0 Å². The molecule has 0 fully saturated rings. The van der Waals surface area contributed by atoms with Crippen molar-refractivity contribution in [2.24, 2.45) is 0 Å². The minimum absolute atomic E-state index is 0.0331. The van der Waals surface area contributed by atoms with E-state index >= 15 is 0 Å². The molecular formula is C34H40N2O3S. The van der Waals surface area contributed by atoms with Gasteiger partial charge in [-0.15, -0.1) is 11.3 Å². The number of hydrogen-bond acceptors (Lipinski definition) is 5. The molecule has 5 nitrogen and oxygen atoms in total. The van der Waals surface area contributed by atoms with Crippen molar-refractivity contribution < 1.29 is 14.6 Å². The molecule has 4 rings (SSSR count). The van der Waals surface area contributed by atoms with E-state index in [0.29, 0.717) is 25.6 Å². The largest absolute Gasteiger partial charge is 0.489 e. The number of benzene rings is 3. The lowest BCUT2D eigenvalue weighted by Gasteiger charge is -2.19. The SMILES string of the molecule is CCCC(CC)c1ccc(COc2ccc(-c3csc(CN(CC(=O)O)Cc4cc(C)cc(C)c4)n3)cc2)cc1. The zero-order chi connectivity index (χ0) is 28.5. The van der Waals surface area contributed by atoms with Gasteiger partial charge in [0.05, 0.1) is 18.8 Å². The van der Waals surface area contributed by atoms with E-state index in [4.69, 9.17) is 9.72 Å². The number of rotatable bonds is 14. The van der Waals surface area contributed by atoms with Gasteiger partial charge in [-0.3, -0.25) is 9.69 Å². The van der Waals surface area contributed by atoms with Gasteiger partial charge in [0.15, 0.2) is 0 Å². The molecule has 210 valence electrons. The van der Waals surface area contributed by atoms with E-state index in [1.807, 2.05) is 34.5 Å². The maximum absolute atomic E-state index is 11.5. The Morgan fingerprint density at radius 2 is 1.65 bits per heavy atom. The molecule has 6 heteroatoms. The summed E-state index contributed by atoms with van der Waals surface area (Å²) in [6.07, 6.45) is 3.61. The van der Waals surface area contributed by atoms with Gasteiger partial charge in [-0.25, -0.2) is 4.98 Å². The van der Waals surface area contributed by atoms with Crippen LogP contribution in [0.3, 0.4) is 0 Å². The summed E-state index contributed by atoms with van der Waals surface area (Å²) in [4.78, 5) is 18.3. The molecule has 0 radical (unpaired) electrons. The number of nitrogens with zero attached hydrogens (tertiary/aromatic N) is 2. The highest BCUT2D eigenvalue weighted by Crippen LogP contribution is 2.27. The van der Waals surface area contributed by atoms with Crippen LogP contribution in [0, 0.1) is 13.8 Å². The van der Waals surface area contributed by atoms with E-state index < -0.39 is 5.97 Å². The minimum Gasteiger partial charge on any atom is -0.489 e. The van der Waals surface area contributed by atoms with E-state index in [-0.39, 0.29) is 6.54 Å². The number of carbonyl (C=O) groups is 1. The van der Waals surface area contributed by atoms with E-state index in [1.165, 1.54) is 36.0 Å². The number of thiazole rings is 1. The number of aromatic nitrogens is 1. The first kappa shape index (κ1) is 29.5. The highest BCUT2D eigenvalue weighted by atomic mass is 32.1. The number of carboxylic acids is 1. The van der Waals surface area contributed by atoms with Crippen LogP contribution in [-0.2, 0) is 24.5 Å². The summed E-state index contributed by atoms with van der Waals surface area (Å²) >= 11 is 1.56. The standard InChI is InChI=1S/C34H40N2O3S/c1-5-7-28(6-2)29-10-8-26(9-11-29)22-39-31-14-12-30(13-15-31)32-23-40-33(35-32)20-36(21-34(37)38)19-27-17-24(3)16-25(4)18-27/h8-18,23,28H,5-7,19-22H2,1-4H3,(H,37,38). The topological polar surface area (TPSA) is 62.7 Å². The highest BCUT2D eigenvalue weighted by molar-refractivity contribution is 7.09. The summed E-state index contributed by atoms with van der Waals surface area (Å²) in [6, 6.07) is 23.2. The summed E-state index contributed by atoms with van der Waals surface area (Å²) < 4.78 is 6.05. The number of hydrogen-bond donors (Lipinski definition) is 1. The van der Waals surface area contributed by atoms with Crippen molar-refractivity contribution in [3.63, 3.8) is 0 Å². The Balaban J connectivity index is 1.35. The molecule has 0 spiro atoms. The lowest BCUT2D eigenvalue weighted by Crippen LogP contribution is -2.29. The summed E-state index contributed by atoms with van der Waals surface area (Å²) in [6.45, 7) is 10.2. The van der Waals surface area contributed by atoms with Gasteiger partial charge in [0, 0.05) is 17.5 Å².